The maximum absolute atomic E-state index is 10.6. The molecule has 1 aliphatic rings. The molecule has 1 rings (SSSR count). The fraction of sp³-hybridized carbons (Fsp3) is 0.909. The van der Waals surface area contributed by atoms with Crippen molar-refractivity contribution < 1.29 is 19.7 Å². The number of rotatable bonds is 6. The molecule has 0 aromatic heterocycles. The first-order valence-electron chi connectivity index (χ1n) is 5.80. The van der Waals surface area contributed by atoms with Crippen molar-refractivity contribution in [3.05, 3.63) is 0 Å². The summed E-state index contributed by atoms with van der Waals surface area (Å²) in [5.74, 6) is -1.20. The largest absolute Gasteiger partial charge is 0.479 e. The molecule has 3 N–H and O–H groups in total. The minimum atomic E-state index is -1.69. The van der Waals surface area contributed by atoms with Crippen LogP contribution in [0.3, 0.4) is 0 Å². The van der Waals surface area contributed by atoms with Crippen LogP contribution in [0.15, 0.2) is 0 Å². The molecule has 94 valence electrons. The standard InChI is InChI=1S/C11H21NO4/c1-11(15,10(13)14)8-12-6-5-9-4-2-3-7-16-9/h9,12,15H,2-8H2,1H3,(H,13,14). The van der Waals surface area contributed by atoms with Crippen LogP contribution in [0.4, 0.5) is 0 Å². The van der Waals surface area contributed by atoms with E-state index in [2.05, 4.69) is 5.32 Å². The number of carboxylic acids is 1. The van der Waals surface area contributed by atoms with Crippen LogP contribution >= 0.6 is 0 Å². The van der Waals surface area contributed by atoms with Gasteiger partial charge in [-0.05, 0) is 39.2 Å². The minimum absolute atomic E-state index is 0.0645. The molecule has 0 spiro atoms. The molecule has 0 aliphatic carbocycles. The molecule has 0 saturated carbocycles. The van der Waals surface area contributed by atoms with Gasteiger partial charge in [-0.1, -0.05) is 0 Å². The van der Waals surface area contributed by atoms with Crippen molar-refractivity contribution in [3.8, 4) is 0 Å². The van der Waals surface area contributed by atoms with Gasteiger partial charge in [-0.25, -0.2) is 4.79 Å². The van der Waals surface area contributed by atoms with Crippen LogP contribution in [-0.2, 0) is 9.53 Å². The molecule has 0 amide bonds. The second kappa shape index (κ2) is 6.18. The van der Waals surface area contributed by atoms with E-state index < -0.39 is 11.6 Å². The van der Waals surface area contributed by atoms with Crippen LogP contribution in [0.1, 0.15) is 32.6 Å². The molecular weight excluding hydrogens is 210 g/mol. The Morgan fingerprint density at radius 2 is 2.31 bits per heavy atom. The lowest BCUT2D eigenvalue weighted by atomic mass is 10.1. The molecule has 1 saturated heterocycles. The zero-order valence-corrected chi connectivity index (χ0v) is 9.74. The topological polar surface area (TPSA) is 78.8 Å². The smallest absolute Gasteiger partial charge is 0.336 e. The molecule has 16 heavy (non-hydrogen) atoms. The summed E-state index contributed by atoms with van der Waals surface area (Å²) in [5.41, 5.74) is -1.69. The van der Waals surface area contributed by atoms with Gasteiger partial charge in [-0.15, -0.1) is 0 Å². The SMILES string of the molecule is CC(O)(CNCCC1CCCCO1)C(=O)O. The summed E-state index contributed by atoms with van der Waals surface area (Å²) in [4.78, 5) is 10.6. The normalized spacial score (nSPS) is 25.0. The number of carboxylic acid groups (broad SMARTS) is 1. The molecule has 2 atom stereocenters. The average molecular weight is 231 g/mol. The van der Waals surface area contributed by atoms with Gasteiger partial charge >= 0.3 is 5.97 Å². The molecule has 0 aromatic rings. The summed E-state index contributed by atoms with van der Waals surface area (Å²) >= 11 is 0. The lowest BCUT2D eigenvalue weighted by molar-refractivity contribution is -0.156. The van der Waals surface area contributed by atoms with Gasteiger partial charge in [0.25, 0.3) is 0 Å². The molecular formula is C11H21NO4. The summed E-state index contributed by atoms with van der Waals surface area (Å²) in [6.45, 7) is 2.86. The Hall–Kier alpha value is -0.650. The van der Waals surface area contributed by atoms with Crippen molar-refractivity contribution >= 4 is 5.97 Å². The maximum Gasteiger partial charge on any atom is 0.336 e. The van der Waals surface area contributed by atoms with Gasteiger partial charge in [-0.3, -0.25) is 0 Å². The van der Waals surface area contributed by atoms with E-state index in [4.69, 9.17) is 9.84 Å². The molecule has 1 aliphatic heterocycles. The van der Waals surface area contributed by atoms with Crippen LogP contribution in [0, 0.1) is 0 Å². The zero-order valence-electron chi connectivity index (χ0n) is 9.74. The summed E-state index contributed by atoms with van der Waals surface area (Å²) in [7, 11) is 0. The van der Waals surface area contributed by atoms with Gasteiger partial charge in [0.05, 0.1) is 6.10 Å². The number of ether oxygens (including phenoxy) is 1. The van der Waals surface area contributed by atoms with Crippen molar-refractivity contribution in [2.24, 2.45) is 0 Å². The second-order valence-corrected chi connectivity index (χ2v) is 4.53. The Balaban J connectivity index is 2.09. The molecule has 5 heteroatoms. The van der Waals surface area contributed by atoms with Crippen LogP contribution < -0.4 is 5.32 Å². The monoisotopic (exact) mass is 231 g/mol. The lowest BCUT2D eigenvalue weighted by Crippen LogP contribution is -2.45. The van der Waals surface area contributed by atoms with E-state index in [0.717, 1.165) is 25.9 Å². The number of aliphatic carboxylic acids is 1. The Kier molecular flexibility index (Phi) is 5.18. The number of hydrogen-bond acceptors (Lipinski definition) is 4. The molecule has 0 radical (unpaired) electrons. The third-order valence-corrected chi connectivity index (χ3v) is 2.85. The zero-order chi connectivity index (χ0) is 12.0. The third kappa shape index (κ3) is 4.47. The highest BCUT2D eigenvalue weighted by atomic mass is 16.5. The Labute approximate surface area is 95.8 Å². The van der Waals surface area contributed by atoms with Gasteiger partial charge in [0.2, 0.25) is 0 Å². The highest BCUT2D eigenvalue weighted by Crippen LogP contribution is 2.14. The summed E-state index contributed by atoms with van der Waals surface area (Å²) in [6.07, 6.45) is 4.58. The van der Waals surface area contributed by atoms with Gasteiger partial charge in [0, 0.05) is 13.2 Å². The quantitative estimate of drug-likeness (QED) is 0.576. The highest BCUT2D eigenvalue weighted by molar-refractivity contribution is 5.76. The number of carbonyl (C=O) groups is 1. The van der Waals surface area contributed by atoms with Crippen molar-refractivity contribution in [2.75, 3.05) is 19.7 Å². The molecule has 0 bridgehead atoms. The molecule has 5 nitrogen and oxygen atoms in total. The third-order valence-electron chi connectivity index (χ3n) is 2.85. The summed E-state index contributed by atoms with van der Waals surface area (Å²) in [5, 5.41) is 21.1. The van der Waals surface area contributed by atoms with E-state index in [1.165, 1.54) is 13.3 Å². The molecule has 1 fully saturated rings. The van der Waals surface area contributed by atoms with Crippen molar-refractivity contribution in [1.82, 2.24) is 5.32 Å². The van der Waals surface area contributed by atoms with E-state index in [9.17, 15) is 9.90 Å². The number of aliphatic hydroxyl groups is 1. The first-order valence-corrected chi connectivity index (χ1v) is 5.80. The van der Waals surface area contributed by atoms with Gasteiger partial charge in [-0.2, -0.15) is 0 Å². The summed E-state index contributed by atoms with van der Waals surface area (Å²) < 4.78 is 5.54. The number of nitrogens with one attached hydrogen (secondary N) is 1. The highest BCUT2D eigenvalue weighted by Gasteiger charge is 2.29. The van der Waals surface area contributed by atoms with Crippen LogP contribution in [-0.4, -0.2) is 47.6 Å². The van der Waals surface area contributed by atoms with Gasteiger partial charge < -0.3 is 20.3 Å². The Morgan fingerprint density at radius 1 is 1.56 bits per heavy atom. The Morgan fingerprint density at radius 3 is 2.88 bits per heavy atom. The summed E-state index contributed by atoms with van der Waals surface area (Å²) in [6, 6.07) is 0. The van der Waals surface area contributed by atoms with E-state index in [1.807, 2.05) is 0 Å². The predicted octanol–water partition coefficient (Wildman–Crippen LogP) is 0.371. The van der Waals surface area contributed by atoms with E-state index >= 15 is 0 Å². The average Bonchev–Trinajstić information content (AvgIpc) is 2.26. The predicted molar refractivity (Wildman–Crippen MR) is 59.3 cm³/mol. The van der Waals surface area contributed by atoms with Crippen molar-refractivity contribution in [2.45, 2.75) is 44.3 Å². The van der Waals surface area contributed by atoms with Crippen LogP contribution in [0.2, 0.25) is 0 Å². The molecule has 2 unspecified atom stereocenters. The van der Waals surface area contributed by atoms with E-state index in [1.54, 1.807) is 0 Å². The first-order chi connectivity index (χ1) is 7.52. The van der Waals surface area contributed by atoms with Crippen molar-refractivity contribution in [3.63, 3.8) is 0 Å². The van der Waals surface area contributed by atoms with Crippen LogP contribution in [0.25, 0.3) is 0 Å². The van der Waals surface area contributed by atoms with E-state index in [-0.39, 0.29) is 12.6 Å². The number of hydrogen-bond donors (Lipinski definition) is 3. The maximum atomic E-state index is 10.6. The minimum Gasteiger partial charge on any atom is -0.479 e. The molecule has 0 aromatic carbocycles. The fourth-order valence-corrected chi connectivity index (χ4v) is 1.71. The lowest BCUT2D eigenvalue weighted by Gasteiger charge is -2.23. The van der Waals surface area contributed by atoms with Gasteiger partial charge in [0.1, 0.15) is 0 Å². The van der Waals surface area contributed by atoms with Gasteiger partial charge in [0.15, 0.2) is 5.60 Å². The fourth-order valence-electron chi connectivity index (χ4n) is 1.71. The van der Waals surface area contributed by atoms with Crippen molar-refractivity contribution in [1.29, 1.82) is 0 Å². The van der Waals surface area contributed by atoms with E-state index in [0.29, 0.717) is 6.54 Å². The molecule has 1 heterocycles. The first kappa shape index (κ1) is 13.4. The Bertz CT molecular complexity index is 224. The van der Waals surface area contributed by atoms with Crippen LogP contribution in [0.5, 0.6) is 0 Å². The second-order valence-electron chi connectivity index (χ2n) is 4.53.